The highest BCUT2D eigenvalue weighted by Gasteiger charge is 2.15. The van der Waals surface area contributed by atoms with Gasteiger partial charge >= 0.3 is 5.69 Å². The van der Waals surface area contributed by atoms with E-state index in [1.165, 1.54) is 19.1 Å². The van der Waals surface area contributed by atoms with Gasteiger partial charge in [0.05, 0.1) is 11.3 Å². The van der Waals surface area contributed by atoms with E-state index >= 15 is 0 Å². The lowest BCUT2D eigenvalue weighted by Gasteiger charge is -2.06. The Morgan fingerprint density at radius 1 is 1.24 bits per heavy atom. The molecule has 5 heteroatoms. The minimum atomic E-state index is -0.731. The maximum Gasteiger partial charge on any atom is 0.345 e. The maximum atomic E-state index is 13.8. The molecule has 0 fully saturated rings. The number of H-pyrrole nitrogens is 1. The standard InChI is InChI=1S/C12H10F2N2O/c1-6-3-4-8(13)10(11(6)14)9-5-7(2)15-12(17)16-9/h3-5H,1-2H3,(H,15,16,17). The number of aryl methyl sites for hydroxylation is 2. The quantitative estimate of drug-likeness (QED) is 0.826. The van der Waals surface area contributed by atoms with Crippen LogP contribution in [0, 0.1) is 25.5 Å². The summed E-state index contributed by atoms with van der Waals surface area (Å²) in [5.74, 6) is -1.42. The van der Waals surface area contributed by atoms with Crippen molar-refractivity contribution >= 4 is 0 Å². The minimum Gasteiger partial charge on any atom is -0.310 e. The molecule has 1 N–H and O–H groups in total. The third kappa shape index (κ3) is 2.08. The molecule has 0 aliphatic heterocycles. The van der Waals surface area contributed by atoms with Crippen molar-refractivity contribution in [2.75, 3.05) is 0 Å². The molecule has 0 atom stereocenters. The Morgan fingerprint density at radius 2 is 1.94 bits per heavy atom. The molecule has 2 rings (SSSR count). The van der Waals surface area contributed by atoms with Crippen molar-refractivity contribution in [2.45, 2.75) is 13.8 Å². The van der Waals surface area contributed by atoms with Crippen molar-refractivity contribution in [1.29, 1.82) is 0 Å². The Hall–Kier alpha value is -2.04. The van der Waals surface area contributed by atoms with Gasteiger partial charge in [-0.2, -0.15) is 4.98 Å². The number of nitrogens with one attached hydrogen (secondary N) is 1. The largest absolute Gasteiger partial charge is 0.345 e. The van der Waals surface area contributed by atoms with Gasteiger partial charge in [-0.15, -0.1) is 0 Å². The predicted molar refractivity (Wildman–Crippen MR) is 59.7 cm³/mol. The summed E-state index contributed by atoms with van der Waals surface area (Å²) >= 11 is 0. The smallest absolute Gasteiger partial charge is 0.310 e. The normalized spacial score (nSPS) is 10.6. The van der Waals surface area contributed by atoms with Crippen LogP contribution in [-0.2, 0) is 0 Å². The van der Waals surface area contributed by atoms with Crippen molar-refractivity contribution < 1.29 is 8.78 Å². The lowest BCUT2D eigenvalue weighted by molar-refractivity contribution is 0.582. The van der Waals surface area contributed by atoms with Gasteiger partial charge < -0.3 is 4.98 Å². The summed E-state index contributed by atoms with van der Waals surface area (Å²) in [4.78, 5) is 17.2. The lowest BCUT2D eigenvalue weighted by Crippen LogP contribution is -2.13. The summed E-state index contributed by atoms with van der Waals surface area (Å²) < 4.78 is 27.4. The molecule has 1 heterocycles. The van der Waals surface area contributed by atoms with Gasteiger partial charge in [0.2, 0.25) is 0 Å². The molecule has 17 heavy (non-hydrogen) atoms. The van der Waals surface area contributed by atoms with Gasteiger partial charge in [-0.1, -0.05) is 6.07 Å². The van der Waals surface area contributed by atoms with Crippen LogP contribution in [0.5, 0.6) is 0 Å². The monoisotopic (exact) mass is 236 g/mol. The number of halogens is 2. The molecule has 0 radical (unpaired) electrons. The van der Waals surface area contributed by atoms with E-state index in [1.807, 2.05) is 0 Å². The number of rotatable bonds is 1. The first kappa shape index (κ1) is 11.4. The highest BCUT2D eigenvalue weighted by atomic mass is 19.1. The molecule has 0 unspecified atom stereocenters. The molecule has 1 aromatic carbocycles. The molecular weight excluding hydrogens is 226 g/mol. The molecule has 2 aromatic rings. The summed E-state index contributed by atoms with van der Waals surface area (Å²) in [6.45, 7) is 3.15. The molecule has 0 amide bonds. The average Bonchev–Trinajstić information content (AvgIpc) is 2.23. The fraction of sp³-hybridized carbons (Fsp3) is 0.167. The van der Waals surface area contributed by atoms with Gasteiger partial charge in [0.1, 0.15) is 11.6 Å². The maximum absolute atomic E-state index is 13.8. The van der Waals surface area contributed by atoms with Gasteiger partial charge in [0.15, 0.2) is 0 Å². The Kier molecular flexibility index (Phi) is 2.75. The number of hydrogen-bond donors (Lipinski definition) is 1. The molecule has 88 valence electrons. The Morgan fingerprint density at radius 3 is 2.59 bits per heavy atom. The zero-order valence-electron chi connectivity index (χ0n) is 9.34. The van der Waals surface area contributed by atoms with Crippen LogP contribution in [0.2, 0.25) is 0 Å². The van der Waals surface area contributed by atoms with Crippen LogP contribution in [0.25, 0.3) is 11.3 Å². The van der Waals surface area contributed by atoms with Crippen LogP contribution >= 0.6 is 0 Å². The average molecular weight is 236 g/mol. The summed E-state index contributed by atoms with van der Waals surface area (Å²) in [5, 5.41) is 0. The van der Waals surface area contributed by atoms with E-state index in [9.17, 15) is 13.6 Å². The fourth-order valence-electron chi connectivity index (χ4n) is 1.60. The fourth-order valence-corrected chi connectivity index (χ4v) is 1.60. The summed E-state index contributed by atoms with van der Waals surface area (Å²) in [6, 6.07) is 3.93. The molecule has 0 aliphatic carbocycles. The second-order valence-electron chi connectivity index (χ2n) is 3.81. The van der Waals surface area contributed by atoms with Gasteiger partial charge in [-0.25, -0.2) is 13.6 Å². The van der Waals surface area contributed by atoms with Gasteiger partial charge in [0, 0.05) is 5.69 Å². The van der Waals surface area contributed by atoms with Crippen molar-refractivity contribution in [2.24, 2.45) is 0 Å². The van der Waals surface area contributed by atoms with E-state index in [0.29, 0.717) is 11.3 Å². The van der Waals surface area contributed by atoms with E-state index in [4.69, 9.17) is 0 Å². The molecular formula is C12H10F2N2O. The van der Waals surface area contributed by atoms with E-state index in [-0.39, 0.29) is 11.3 Å². The van der Waals surface area contributed by atoms with Crippen LogP contribution in [0.3, 0.4) is 0 Å². The van der Waals surface area contributed by atoms with Crippen molar-refractivity contribution in [3.63, 3.8) is 0 Å². The highest BCUT2D eigenvalue weighted by Crippen LogP contribution is 2.25. The Balaban J connectivity index is 2.76. The number of aromatic nitrogens is 2. The van der Waals surface area contributed by atoms with Gasteiger partial charge in [0.25, 0.3) is 0 Å². The minimum absolute atomic E-state index is 0.00458. The number of nitrogens with zero attached hydrogens (tertiary/aromatic N) is 1. The highest BCUT2D eigenvalue weighted by molar-refractivity contribution is 5.61. The van der Waals surface area contributed by atoms with Crippen LogP contribution in [0.4, 0.5) is 8.78 Å². The summed E-state index contributed by atoms with van der Waals surface area (Å²) in [7, 11) is 0. The first-order valence-electron chi connectivity index (χ1n) is 5.02. The van der Waals surface area contributed by atoms with E-state index in [2.05, 4.69) is 9.97 Å². The molecule has 0 saturated carbocycles. The molecule has 0 spiro atoms. The summed E-state index contributed by atoms with van der Waals surface area (Å²) in [5.41, 5.74) is -0.0779. The predicted octanol–water partition coefficient (Wildman–Crippen LogP) is 2.33. The zero-order valence-corrected chi connectivity index (χ0v) is 9.34. The van der Waals surface area contributed by atoms with E-state index in [1.54, 1.807) is 6.92 Å². The molecule has 1 aromatic heterocycles. The molecule has 0 bridgehead atoms. The van der Waals surface area contributed by atoms with Crippen LogP contribution in [0.15, 0.2) is 23.0 Å². The first-order chi connectivity index (χ1) is 7.99. The van der Waals surface area contributed by atoms with Gasteiger partial charge in [-0.3, -0.25) is 0 Å². The molecule has 0 aliphatic rings. The van der Waals surface area contributed by atoms with Crippen LogP contribution < -0.4 is 5.69 Å². The number of benzene rings is 1. The van der Waals surface area contributed by atoms with Crippen molar-refractivity contribution in [3.8, 4) is 11.3 Å². The Labute approximate surface area is 96.2 Å². The van der Waals surface area contributed by atoms with Crippen molar-refractivity contribution in [3.05, 3.63) is 51.6 Å². The number of hydrogen-bond acceptors (Lipinski definition) is 2. The second-order valence-corrected chi connectivity index (χ2v) is 3.81. The van der Waals surface area contributed by atoms with E-state index < -0.39 is 17.3 Å². The zero-order chi connectivity index (χ0) is 12.6. The molecule has 0 saturated heterocycles. The van der Waals surface area contributed by atoms with E-state index in [0.717, 1.165) is 6.07 Å². The van der Waals surface area contributed by atoms with Crippen LogP contribution in [-0.4, -0.2) is 9.97 Å². The van der Waals surface area contributed by atoms with Gasteiger partial charge in [-0.05, 0) is 31.5 Å². The second kappa shape index (κ2) is 4.08. The third-order valence-electron chi connectivity index (χ3n) is 2.42. The van der Waals surface area contributed by atoms with Crippen LogP contribution in [0.1, 0.15) is 11.3 Å². The first-order valence-corrected chi connectivity index (χ1v) is 5.02. The number of aromatic amines is 1. The lowest BCUT2D eigenvalue weighted by atomic mass is 10.1. The Bertz CT molecular complexity index is 635. The van der Waals surface area contributed by atoms with Crippen molar-refractivity contribution in [1.82, 2.24) is 9.97 Å². The third-order valence-corrected chi connectivity index (χ3v) is 2.42. The topological polar surface area (TPSA) is 45.8 Å². The summed E-state index contributed by atoms with van der Waals surface area (Å²) in [6.07, 6.45) is 0. The molecule has 3 nitrogen and oxygen atoms in total. The SMILES string of the molecule is Cc1cc(-c2c(F)ccc(C)c2F)nc(=O)[nH]1.